The van der Waals surface area contributed by atoms with E-state index in [1.165, 1.54) is 0 Å². The number of benzene rings is 2. The largest absolute Gasteiger partial charge is 0.464 e. The zero-order chi connectivity index (χ0) is 16.2. The van der Waals surface area contributed by atoms with Crippen LogP contribution in [0.5, 0.6) is 0 Å². The van der Waals surface area contributed by atoms with Crippen molar-refractivity contribution in [2.75, 3.05) is 11.7 Å². The summed E-state index contributed by atoms with van der Waals surface area (Å²) >= 11 is 3.43. The second-order valence-electron chi connectivity index (χ2n) is 5.31. The molecule has 1 aliphatic heterocycles. The first kappa shape index (κ1) is 16.0. The molecular formula is C18H18BrNO3. The van der Waals surface area contributed by atoms with E-state index in [0.29, 0.717) is 13.0 Å². The highest BCUT2D eigenvalue weighted by molar-refractivity contribution is 9.10. The molecule has 1 heterocycles. The van der Waals surface area contributed by atoms with Crippen LogP contribution in [0.25, 0.3) is 0 Å². The third-order valence-electron chi connectivity index (χ3n) is 3.77. The van der Waals surface area contributed by atoms with E-state index >= 15 is 0 Å². The molecule has 1 aliphatic rings. The van der Waals surface area contributed by atoms with Crippen LogP contribution in [0.15, 0.2) is 59.1 Å². The summed E-state index contributed by atoms with van der Waals surface area (Å²) in [4.78, 5) is 18.4. The van der Waals surface area contributed by atoms with Crippen LogP contribution in [0, 0.1) is 0 Å². The molecule has 0 aromatic heterocycles. The van der Waals surface area contributed by atoms with E-state index in [9.17, 15) is 4.79 Å². The molecule has 0 aliphatic carbocycles. The summed E-state index contributed by atoms with van der Waals surface area (Å²) < 4.78 is 6.23. The fourth-order valence-corrected chi connectivity index (χ4v) is 2.94. The number of carbonyl (C=O) groups is 1. The van der Waals surface area contributed by atoms with Gasteiger partial charge in [0.15, 0.2) is 6.04 Å². The molecule has 2 aromatic rings. The molecule has 5 heteroatoms. The number of esters is 1. The number of nitrogens with zero attached hydrogens (tertiary/aromatic N) is 1. The van der Waals surface area contributed by atoms with Crippen molar-refractivity contribution in [2.24, 2.45) is 0 Å². The van der Waals surface area contributed by atoms with Crippen LogP contribution < -0.4 is 5.06 Å². The molecule has 0 unspecified atom stereocenters. The van der Waals surface area contributed by atoms with E-state index in [1.807, 2.05) is 61.5 Å². The van der Waals surface area contributed by atoms with Crippen molar-refractivity contribution >= 4 is 27.6 Å². The number of anilines is 1. The van der Waals surface area contributed by atoms with E-state index in [4.69, 9.17) is 9.57 Å². The van der Waals surface area contributed by atoms with Gasteiger partial charge in [0.25, 0.3) is 0 Å². The zero-order valence-corrected chi connectivity index (χ0v) is 14.4. The maximum atomic E-state index is 12.3. The topological polar surface area (TPSA) is 38.8 Å². The smallest absolute Gasteiger partial charge is 0.331 e. The van der Waals surface area contributed by atoms with Crippen molar-refractivity contribution in [3.8, 4) is 0 Å². The molecule has 2 atom stereocenters. The maximum Gasteiger partial charge on any atom is 0.331 e. The number of para-hydroxylation sites is 1. The number of hydroxylamine groups is 1. The standard InChI is InChI=1S/C18H18BrNO3/c1-2-22-18(21)16-12-17(13-8-10-14(19)11-9-13)23-20(16)15-6-4-3-5-7-15/h3-11,16-17H,2,12H2,1H3/t16-,17+/m0/s1. The van der Waals surface area contributed by atoms with Crippen LogP contribution in [0.2, 0.25) is 0 Å². The summed E-state index contributed by atoms with van der Waals surface area (Å²) in [5.74, 6) is -0.254. The monoisotopic (exact) mass is 375 g/mol. The predicted molar refractivity (Wildman–Crippen MR) is 91.9 cm³/mol. The van der Waals surface area contributed by atoms with Gasteiger partial charge in [-0.05, 0) is 36.8 Å². The molecule has 2 aromatic carbocycles. The van der Waals surface area contributed by atoms with Crippen LogP contribution in [0.3, 0.4) is 0 Å². The quantitative estimate of drug-likeness (QED) is 0.748. The van der Waals surface area contributed by atoms with Gasteiger partial charge in [-0.3, -0.25) is 4.84 Å². The van der Waals surface area contributed by atoms with Crippen LogP contribution in [0.4, 0.5) is 5.69 Å². The number of halogens is 1. The van der Waals surface area contributed by atoms with E-state index in [2.05, 4.69) is 15.9 Å². The summed E-state index contributed by atoms with van der Waals surface area (Å²) in [7, 11) is 0. The van der Waals surface area contributed by atoms with E-state index in [0.717, 1.165) is 15.7 Å². The SMILES string of the molecule is CCOC(=O)[C@@H]1C[C@H](c2ccc(Br)cc2)ON1c1ccccc1. The zero-order valence-electron chi connectivity index (χ0n) is 12.8. The number of ether oxygens (including phenoxy) is 1. The summed E-state index contributed by atoms with van der Waals surface area (Å²) in [6, 6.07) is 17.2. The fraction of sp³-hybridized carbons (Fsp3) is 0.278. The summed E-state index contributed by atoms with van der Waals surface area (Å²) in [6.45, 7) is 2.17. The van der Waals surface area contributed by atoms with Crippen molar-refractivity contribution in [1.82, 2.24) is 0 Å². The third kappa shape index (κ3) is 3.57. The Morgan fingerprint density at radius 1 is 1.22 bits per heavy atom. The van der Waals surface area contributed by atoms with Gasteiger partial charge in [-0.25, -0.2) is 9.86 Å². The van der Waals surface area contributed by atoms with E-state index in [1.54, 1.807) is 5.06 Å². The first-order valence-corrected chi connectivity index (χ1v) is 8.41. The molecule has 120 valence electrons. The van der Waals surface area contributed by atoms with Crippen LogP contribution in [0.1, 0.15) is 25.0 Å². The lowest BCUT2D eigenvalue weighted by Crippen LogP contribution is -2.36. The maximum absolute atomic E-state index is 12.3. The highest BCUT2D eigenvalue weighted by atomic mass is 79.9. The first-order chi connectivity index (χ1) is 11.2. The lowest BCUT2D eigenvalue weighted by atomic mass is 10.0. The molecule has 3 rings (SSSR count). The molecular weight excluding hydrogens is 358 g/mol. The van der Waals surface area contributed by atoms with Gasteiger partial charge in [-0.1, -0.05) is 46.3 Å². The number of hydrogen-bond acceptors (Lipinski definition) is 4. The van der Waals surface area contributed by atoms with Gasteiger partial charge >= 0.3 is 5.97 Å². The summed E-state index contributed by atoms with van der Waals surface area (Å²) in [6.07, 6.45) is 0.396. The lowest BCUT2D eigenvalue weighted by Gasteiger charge is -2.23. The minimum Gasteiger partial charge on any atom is -0.464 e. The minimum absolute atomic E-state index is 0.169. The number of rotatable bonds is 4. The molecule has 0 saturated carbocycles. The molecule has 4 nitrogen and oxygen atoms in total. The summed E-state index contributed by atoms with van der Waals surface area (Å²) in [5.41, 5.74) is 1.89. The Morgan fingerprint density at radius 2 is 1.91 bits per heavy atom. The molecule has 0 amide bonds. The van der Waals surface area contributed by atoms with Gasteiger partial charge in [-0.15, -0.1) is 0 Å². The third-order valence-corrected chi connectivity index (χ3v) is 4.30. The van der Waals surface area contributed by atoms with Crippen molar-refractivity contribution in [3.05, 3.63) is 64.6 Å². The van der Waals surface area contributed by atoms with Crippen molar-refractivity contribution in [2.45, 2.75) is 25.5 Å². The van der Waals surface area contributed by atoms with Crippen LogP contribution in [-0.4, -0.2) is 18.6 Å². The second kappa shape index (κ2) is 7.15. The Morgan fingerprint density at radius 3 is 2.57 bits per heavy atom. The fourth-order valence-electron chi connectivity index (χ4n) is 2.67. The van der Waals surface area contributed by atoms with Crippen molar-refractivity contribution < 1.29 is 14.4 Å². The average Bonchev–Trinajstić information content (AvgIpc) is 3.02. The number of carbonyl (C=O) groups excluding carboxylic acids is 1. The summed E-state index contributed by atoms with van der Waals surface area (Å²) in [5, 5.41) is 1.67. The van der Waals surface area contributed by atoms with Gasteiger partial charge in [0, 0.05) is 10.9 Å². The molecule has 1 saturated heterocycles. The van der Waals surface area contributed by atoms with Crippen molar-refractivity contribution in [1.29, 1.82) is 0 Å². The molecule has 0 radical (unpaired) electrons. The Bertz CT molecular complexity index is 660. The minimum atomic E-state index is -0.439. The molecule has 0 spiro atoms. The molecule has 23 heavy (non-hydrogen) atoms. The van der Waals surface area contributed by atoms with Gasteiger partial charge < -0.3 is 4.74 Å². The second-order valence-corrected chi connectivity index (χ2v) is 6.23. The van der Waals surface area contributed by atoms with Gasteiger partial charge in [0.1, 0.15) is 6.10 Å². The highest BCUT2D eigenvalue weighted by Gasteiger charge is 2.40. The van der Waals surface area contributed by atoms with Crippen LogP contribution >= 0.6 is 15.9 Å². The Kier molecular flexibility index (Phi) is 4.98. The predicted octanol–water partition coefficient (Wildman–Crippen LogP) is 4.26. The normalized spacial score (nSPS) is 20.5. The molecule has 0 N–H and O–H groups in total. The van der Waals surface area contributed by atoms with Crippen molar-refractivity contribution in [3.63, 3.8) is 0 Å². The Balaban J connectivity index is 1.86. The van der Waals surface area contributed by atoms with Crippen LogP contribution in [-0.2, 0) is 14.4 Å². The van der Waals surface area contributed by atoms with Gasteiger partial charge in [0.05, 0.1) is 12.3 Å². The van der Waals surface area contributed by atoms with Gasteiger partial charge in [-0.2, -0.15) is 0 Å². The van der Waals surface area contributed by atoms with E-state index < -0.39 is 6.04 Å². The first-order valence-electron chi connectivity index (χ1n) is 7.62. The Labute approximate surface area is 144 Å². The average molecular weight is 376 g/mol. The van der Waals surface area contributed by atoms with E-state index in [-0.39, 0.29) is 12.1 Å². The molecule has 1 fully saturated rings. The molecule has 0 bridgehead atoms. The Hall–Kier alpha value is -1.85. The van der Waals surface area contributed by atoms with Gasteiger partial charge in [0.2, 0.25) is 0 Å². The lowest BCUT2D eigenvalue weighted by molar-refractivity contribution is -0.145. The highest BCUT2D eigenvalue weighted by Crippen LogP contribution is 2.37. The number of hydrogen-bond donors (Lipinski definition) is 0.